The Morgan fingerprint density at radius 3 is 2.71 bits per heavy atom. The predicted molar refractivity (Wildman–Crippen MR) is 134 cm³/mol. The molecule has 0 aliphatic carbocycles. The van der Waals surface area contributed by atoms with Gasteiger partial charge in [0.1, 0.15) is 5.78 Å². The van der Waals surface area contributed by atoms with Crippen molar-refractivity contribution < 1.29 is 29.0 Å². The number of rotatable bonds is 17. The normalized spacial score (nSPS) is 25.9. The molecule has 11 heteroatoms. The zero-order chi connectivity index (χ0) is 24.3. The molecular weight excluding hydrogens is 478 g/mol. The zero-order valence-corrected chi connectivity index (χ0v) is 21.5. The van der Waals surface area contributed by atoms with E-state index in [9.17, 15) is 19.5 Å². The summed E-state index contributed by atoms with van der Waals surface area (Å²) in [6.45, 7) is 4.03. The Bertz CT molecular complexity index is 737. The molecule has 0 aromatic rings. The first kappa shape index (κ1) is 27.3. The number of unbranched alkanes of at least 4 members (excludes halogenated alkanes) is 1. The van der Waals surface area contributed by atoms with E-state index in [-0.39, 0.29) is 29.8 Å². The van der Waals surface area contributed by atoms with Crippen molar-refractivity contribution in [2.45, 2.75) is 69.0 Å². The number of carbonyl (C=O) groups excluding carboxylic acids is 3. The van der Waals surface area contributed by atoms with E-state index in [0.29, 0.717) is 62.4 Å². The molecule has 3 aliphatic heterocycles. The molecule has 2 fully saturated rings. The number of Topliss-reactive ketones (excluding diaryl/α,β-unsaturated/α-hetero) is 1. The Morgan fingerprint density at radius 2 is 1.91 bits per heavy atom. The highest BCUT2D eigenvalue weighted by Gasteiger charge is 2.42. The van der Waals surface area contributed by atoms with Crippen molar-refractivity contribution in [2.75, 3.05) is 44.5 Å². The van der Waals surface area contributed by atoms with Gasteiger partial charge in [0.25, 0.3) is 0 Å². The van der Waals surface area contributed by atoms with Gasteiger partial charge >= 0.3 is 6.03 Å². The minimum absolute atomic E-state index is 0.0552. The van der Waals surface area contributed by atoms with Crippen LogP contribution in [-0.4, -0.2) is 95.8 Å². The van der Waals surface area contributed by atoms with E-state index in [1.807, 2.05) is 18.7 Å². The van der Waals surface area contributed by atoms with Crippen LogP contribution in [0.2, 0.25) is 0 Å². The molecule has 0 radical (unpaired) electrons. The van der Waals surface area contributed by atoms with Crippen LogP contribution in [0.25, 0.3) is 0 Å². The second-order valence-corrected chi connectivity index (χ2v) is 11.2. The molecule has 3 aliphatic rings. The summed E-state index contributed by atoms with van der Waals surface area (Å²) in [5.41, 5.74) is 0. The van der Waals surface area contributed by atoms with Crippen LogP contribution < -0.4 is 10.6 Å². The fraction of sp³-hybridized carbons (Fsp3) is 0.783. The van der Waals surface area contributed by atoms with Crippen LogP contribution >= 0.6 is 23.5 Å². The Hall–Kier alpha value is -1.27. The number of thioether (sulfide) groups is 2. The second-order valence-electron chi connectivity index (χ2n) is 8.62. The summed E-state index contributed by atoms with van der Waals surface area (Å²) in [5.74, 6) is 1.87. The molecule has 3 amide bonds. The molecule has 34 heavy (non-hydrogen) atoms. The Labute approximate surface area is 210 Å². The first-order valence-corrected chi connectivity index (χ1v) is 14.2. The van der Waals surface area contributed by atoms with E-state index < -0.39 is 6.23 Å². The molecule has 2 saturated heterocycles. The smallest absolute Gasteiger partial charge is 0.315 e. The summed E-state index contributed by atoms with van der Waals surface area (Å²) < 4.78 is 11.0. The highest BCUT2D eigenvalue weighted by atomic mass is 32.2. The minimum atomic E-state index is -0.865. The van der Waals surface area contributed by atoms with Gasteiger partial charge in [-0.3, -0.25) is 9.59 Å². The molecule has 4 atom stereocenters. The number of nitrogens with zero attached hydrogens (tertiary/aromatic N) is 1. The van der Waals surface area contributed by atoms with E-state index in [4.69, 9.17) is 9.47 Å². The lowest BCUT2D eigenvalue weighted by Crippen LogP contribution is -2.37. The van der Waals surface area contributed by atoms with Crippen LogP contribution in [0.1, 0.15) is 45.4 Å². The van der Waals surface area contributed by atoms with Crippen molar-refractivity contribution >= 4 is 41.2 Å². The quantitative estimate of drug-likeness (QED) is 0.199. The van der Waals surface area contributed by atoms with Gasteiger partial charge in [-0.25, -0.2) is 4.79 Å². The lowest BCUT2D eigenvalue weighted by atomic mass is 10.0. The molecule has 9 nitrogen and oxygen atoms in total. The van der Waals surface area contributed by atoms with Crippen LogP contribution in [-0.2, 0) is 19.1 Å². The fourth-order valence-electron chi connectivity index (χ4n) is 4.36. The van der Waals surface area contributed by atoms with E-state index in [1.54, 1.807) is 0 Å². The van der Waals surface area contributed by atoms with Crippen LogP contribution in [0.15, 0.2) is 11.0 Å². The third-order valence-electron chi connectivity index (χ3n) is 6.13. The molecule has 0 aromatic carbocycles. The van der Waals surface area contributed by atoms with Crippen molar-refractivity contribution in [1.82, 2.24) is 15.5 Å². The van der Waals surface area contributed by atoms with Crippen molar-refractivity contribution in [3.63, 3.8) is 0 Å². The van der Waals surface area contributed by atoms with Crippen molar-refractivity contribution in [3.05, 3.63) is 11.0 Å². The van der Waals surface area contributed by atoms with Gasteiger partial charge in [-0.1, -0.05) is 13.3 Å². The Morgan fingerprint density at radius 1 is 1.15 bits per heavy atom. The number of ketones is 1. The average molecular weight is 516 g/mol. The first-order valence-electron chi connectivity index (χ1n) is 12.2. The number of nitrogens with one attached hydrogen (secondary N) is 2. The third kappa shape index (κ3) is 8.15. The fourth-order valence-corrected chi connectivity index (χ4v) is 6.70. The van der Waals surface area contributed by atoms with Gasteiger partial charge in [0.2, 0.25) is 5.91 Å². The maximum absolute atomic E-state index is 12.1. The molecule has 3 N–H and O–H groups in total. The topological polar surface area (TPSA) is 117 Å². The van der Waals surface area contributed by atoms with Gasteiger partial charge < -0.3 is 30.1 Å². The number of hydrogen-bond donors (Lipinski definition) is 3. The number of urea groups is 1. The lowest BCUT2D eigenvalue weighted by Gasteiger charge is -2.22. The standard InChI is InChI=1S/C23H37N3O6S2/c1-2-33-19-14-20(28)26(22(19)29)9-11-32-13-12-31-10-5-7-16(27)6-3-4-8-18-21-17(15-34-18)24-23(30)25-21/h14,17-18,21-22,29H,2-13,15H2,1H3,(H2,24,25,30)/t17-,18-,21-,22?/m0/s1. The Kier molecular flexibility index (Phi) is 11.5. The minimum Gasteiger partial charge on any atom is -0.379 e. The monoisotopic (exact) mass is 515 g/mol. The highest BCUT2D eigenvalue weighted by molar-refractivity contribution is 8.03. The number of hydrogen-bond acceptors (Lipinski definition) is 8. The molecule has 0 spiro atoms. The number of amides is 3. The molecule has 3 heterocycles. The molecule has 0 bridgehead atoms. The molecule has 192 valence electrons. The van der Waals surface area contributed by atoms with Crippen molar-refractivity contribution in [2.24, 2.45) is 0 Å². The number of fused-ring (bicyclic) bond motifs is 1. The number of carbonyl (C=O) groups is 3. The first-order chi connectivity index (χ1) is 16.5. The molecule has 3 rings (SSSR count). The van der Waals surface area contributed by atoms with Gasteiger partial charge in [0.15, 0.2) is 6.23 Å². The summed E-state index contributed by atoms with van der Waals surface area (Å²) >= 11 is 3.38. The van der Waals surface area contributed by atoms with Crippen LogP contribution in [0.3, 0.4) is 0 Å². The maximum atomic E-state index is 12.1. The largest absolute Gasteiger partial charge is 0.379 e. The molecule has 1 unspecified atom stereocenters. The van der Waals surface area contributed by atoms with E-state index in [0.717, 1.165) is 30.8 Å². The van der Waals surface area contributed by atoms with Crippen molar-refractivity contribution in [1.29, 1.82) is 0 Å². The Balaban J connectivity index is 1.10. The van der Waals surface area contributed by atoms with Crippen LogP contribution in [0.5, 0.6) is 0 Å². The number of aliphatic hydroxyl groups is 1. The van der Waals surface area contributed by atoms with E-state index in [1.165, 1.54) is 22.7 Å². The second kappa shape index (κ2) is 14.3. The van der Waals surface area contributed by atoms with Gasteiger partial charge in [-0.2, -0.15) is 11.8 Å². The van der Waals surface area contributed by atoms with Gasteiger partial charge in [-0.15, -0.1) is 11.8 Å². The van der Waals surface area contributed by atoms with E-state index >= 15 is 0 Å². The summed E-state index contributed by atoms with van der Waals surface area (Å²) in [6.07, 6.45) is 5.40. The van der Waals surface area contributed by atoms with E-state index in [2.05, 4.69) is 10.6 Å². The SMILES string of the molecule is CCSC1=CC(=O)N(CCOCCOCCCC(=O)CCCC[C@@H]2SC[C@@H]3NC(=O)N[C@@H]32)C1O. The molecule has 0 aromatic heterocycles. The number of aliphatic hydroxyl groups excluding tert-OH is 1. The van der Waals surface area contributed by atoms with Gasteiger partial charge in [-0.05, 0) is 25.0 Å². The lowest BCUT2D eigenvalue weighted by molar-refractivity contribution is -0.132. The number of ether oxygens (including phenoxy) is 2. The maximum Gasteiger partial charge on any atom is 0.315 e. The van der Waals surface area contributed by atoms with Gasteiger partial charge in [0, 0.05) is 48.0 Å². The summed E-state index contributed by atoms with van der Waals surface area (Å²) in [4.78, 5) is 37.5. The zero-order valence-electron chi connectivity index (χ0n) is 19.8. The molecular formula is C23H37N3O6S2. The predicted octanol–water partition coefficient (Wildman–Crippen LogP) is 1.89. The van der Waals surface area contributed by atoms with Crippen LogP contribution in [0.4, 0.5) is 4.79 Å². The van der Waals surface area contributed by atoms with Gasteiger partial charge in [0.05, 0.1) is 31.9 Å². The molecule has 0 saturated carbocycles. The van der Waals surface area contributed by atoms with Crippen molar-refractivity contribution in [3.8, 4) is 0 Å². The van der Waals surface area contributed by atoms with Crippen LogP contribution in [0, 0.1) is 0 Å². The highest BCUT2D eigenvalue weighted by Crippen LogP contribution is 2.33. The summed E-state index contributed by atoms with van der Waals surface area (Å²) in [5, 5.41) is 16.5. The average Bonchev–Trinajstić information content (AvgIpc) is 3.44. The summed E-state index contributed by atoms with van der Waals surface area (Å²) in [7, 11) is 0. The summed E-state index contributed by atoms with van der Waals surface area (Å²) in [6, 6.07) is 0.436. The third-order valence-corrected chi connectivity index (χ3v) is 8.59.